The Kier molecular flexibility index (Phi) is 7.75. The van der Waals surface area contributed by atoms with Gasteiger partial charge in [-0.1, -0.05) is 27.2 Å². The number of ether oxygens (including phenoxy) is 2. The van der Waals surface area contributed by atoms with Gasteiger partial charge in [0.1, 0.15) is 6.10 Å². The van der Waals surface area contributed by atoms with Crippen molar-refractivity contribution in [3.05, 3.63) is 29.8 Å². The lowest BCUT2D eigenvalue weighted by molar-refractivity contribution is -0.159. The Morgan fingerprint density at radius 3 is 2.35 bits per heavy atom. The summed E-state index contributed by atoms with van der Waals surface area (Å²) in [5.74, 6) is 0.0145. The molecule has 2 fully saturated rings. The van der Waals surface area contributed by atoms with Gasteiger partial charge in [-0.15, -0.1) is 0 Å². The zero-order valence-corrected chi connectivity index (χ0v) is 19.4. The summed E-state index contributed by atoms with van der Waals surface area (Å²) in [6, 6.07) is 5.63. The lowest BCUT2D eigenvalue weighted by atomic mass is 9.75. The summed E-state index contributed by atoms with van der Waals surface area (Å²) in [5.41, 5.74) is 0.194. The first-order valence-corrected chi connectivity index (χ1v) is 12.6. The standard InChI is InChI=1S/C23H33NO6S/c1-16(2)20-11-6-17(3)14-21(20)30-22(25)15-29-23(26)18-7-9-19(10-8-18)31(27,28)24-12-4-5-13-24/h7-10,16-17,20-21H,4-6,11-15H2,1-3H3/t17-,20+,21-/m0/s1. The summed E-state index contributed by atoms with van der Waals surface area (Å²) in [5, 5.41) is 0. The van der Waals surface area contributed by atoms with Gasteiger partial charge in [-0.05, 0) is 67.7 Å². The van der Waals surface area contributed by atoms with Crippen LogP contribution >= 0.6 is 0 Å². The highest BCUT2D eigenvalue weighted by atomic mass is 32.2. The number of hydrogen-bond donors (Lipinski definition) is 0. The fourth-order valence-corrected chi connectivity index (χ4v) is 6.02. The van der Waals surface area contributed by atoms with Crippen molar-refractivity contribution in [1.29, 1.82) is 0 Å². The quantitative estimate of drug-likeness (QED) is 0.588. The molecule has 1 heterocycles. The first kappa shape index (κ1) is 23.7. The van der Waals surface area contributed by atoms with Crippen LogP contribution in [0.15, 0.2) is 29.2 Å². The van der Waals surface area contributed by atoms with E-state index in [0.717, 1.165) is 32.1 Å². The van der Waals surface area contributed by atoms with Crippen molar-refractivity contribution >= 4 is 22.0 Å². The molecule has 1 saturated carbocycles. The fraction of sp³-hybridized carbons (Fsp3) is 0.652. The van der Waals surface area contributed by atoms with Crippen molar-refractivity contribution in [2.24, 2.45) is 17.8 Å². The Hall–Kier alpha value is -1.93. The highest BCUT2D eigenvalue weighted by molar-refractivity contribution is 7.89. The minimum Gasteiger partial charge on any atom is -0.460 e. The van der Waals surface area contributed by atoms with E-state index in [0.29, 0.717) is 30.8 Å². The second-order valence-electron chi connectivity index (χ2n) is 9.07. The van der Waals surface area contributed by atoms with E-state index in [1.54, 1.807) is 0 Å². The zero-order valence-electron chi connectivity index (χ0n) is 18.6. The third-order valence-corrected chi connectivity index (χ3v) is 8.27. The molecule has 172 valence electrons. The number of carbonyl (C=O) groups excluding carboxylic acids is 2. The molecule has 1 aliphatic carbocycles. The molecule has 0 spiro atoms. The number of rotatable bonds is 7. The number of nitrogens with zero attached hydrogens (tertiary/aromatic N) is 1. The van der Waals surface area contributed by atoms with Crippen LogP contribution in [0.1, 0.15) is 63.2 Å². The van der Waals surface area contributed by atoms with Crippen LogP contribution in [-0.2, 0) is 24.3 Å². The highest BCUT2D eigenvalue weighted by Gasteiger charge is 2.33. The van der Waals surface area contributed by atoms with Gasteiger partial charge in [-0.2, -0.15) is 4.31 Å². The molecule has 8 heteroatoms. The molecule has 7 nitrogen and oxygen atoms in total. The van der Waals surface area contributed by atoms with Crippen molar-refractivity contribution in [2.45, 2.75) is 63.9 Å². The Morgan fingerprint density at radius 1 is 1.10 bits per heavy atom. The molecule has 0 bridgehead atoms. The predicted octanol–water partition coefficient (Wildman–Crippen LogP) is 3.63. The van der Waals surface area contributed by atoms with Gasteiger partial charge in [0.05, 0.1) is 10.5 Å². The molecule has 0 unspecified atom stereocenters. The van der Waals surface area contributed by atoms with Crippen molar-refractivity contribution < 1.29 is 27.5 Å². The smallest absolute Gasteiger partial charge is 0.344 e. The van der Waals surface area contributed by atoms with E-state index in [-0.39, 0.29) is 16.6 Å². The second-order valence-corrected chi connectivity index (χ2v) is 11.0. The summed E-state index contributed by atoms with van der Waals surface area (Å²) < 4.78 is 37.3. The third-order valence-electron chi connectivity index (χ3n) is 6.36. The van der Waals surface area contributed by atoms with Gasteiger partial charge in [0, 0.05) is 13.1 Å². The molecule has 0 radical (unpaired) electrons. The number of hydrogen-bond acceptors (Lipinski definition) is 6. The lowest BCUT2D eigenvalue weighted by Gasteiger charge is -2.36. The SMILES string of the molecule is CC(C)[C@H]1CC[C@H](C)C[C@@H]1OC(=O)COC(=O)c1ccc(S(=O)(=O)N2CCCC2)cc1. The number of sulfonamides is 1. The largest absolute Gasteiger partial charge is 0.460 e. The maximum atomic E-state index is 12.6. The predicted molar refractivity (Wildman–Crippen MR) is 116 cm³/mol. The summed E-state index contributed by atoms with van der Waals surface area (Å²) in [4.78, 5) is 24.7. The van der Waals surface area contributed by atoms with Crippen LogP contribution in [0.25, 0.3) is 0 Å². The Morgan fingerprint density at radius 2 is 1.74 bits per heavy atom. The van der Waals surface area contributed by atoms with E-state index in [1.165, 1.54) is 28.6 Å². The van der Waals surface area contributed by atoms with Crippen molar-refractivity contribution in [3.8, 4) is 0 Å². The van der Waals surface area contributed by atoms with Gasteiger partial charge in [0.2, 0.25) is 10.0 Å². The Balaban J connectivity index is 1.53. The van der Waals surface area contributed by atoms with Crippen LogP contribution in [-0.4, -0.2) is 50.5 Å². The van der Waals surface area contributed by atoms with E-state index < -0.39 is 28.6 Å². The van der Waals surface area contributed by atoms with Crippen LogP contribution in [0, 0.1) is 17.8 Å². The third kappa shape index (κ3) is 5.86. The lowest BCUT2D eigenvalue weighted by Crippen LogP contribution is -2.36. The van der Waals surface area contributed by atoms with Crippen LogP contribution in [0.3, 0.4) is 0 Å². The van der Waals surface area contributed by atoms with Crippen LogP contribution in [0.4, 0.5) is 0 Å². The van der Waals surface area contributed by atoms with Crippen LogP contribution < -0.4 is 0 Å². The maximum absolute atomic E-state index is 12.6. The molecule has 3 atom stereocenters. The van der Waals surface area contributed by atoms with Crippen LogP contribution in [0.2, 0.25) is 0 Å². The topological polar surface area (TPSA) is 90.0 Å². The minimum atomic E-state index is -3.53. The molecule has 31 heavy (non-hydrogen) atoms. The molecule has 0 N–H and O–H groups in total. The monoisotopic (exact) mass is 451 g/mol. The molecule has 1 aliphatic heterocycles. The van der Waals surface area contributed by atoms with E-state index in [4.69, 9.17) is 9.47 Å². The van der Waals surface area contributed by atoms with E-state index >= 15 is 0 Å². The molecular formula is C23H33NO6S. The molecule has 1 aromatic carbocycles. The van der Waals surface area contributed by atoms with Gasteiger partial charge >= 0.3 is 11.9 Å². The van der Waals surface area contributed by atoms with Crippen molar-refractivity contribution in [3.63, 3.8) is 0 Å². The first-order valence-electron chi connectivity index (χ1n) is 11.1. The normalized spacial score (nSPS) is 24.8. The first-order chi connectivity index (χ1) is 14.7. The molecule has 1 saturated heterocycles. The summed E-state index contributed by atoms with van der Waals surface area (Å²) in [7, 11) is -3.53. The molecule has 2 aliphatic rings. The highest BCUT2D eigenvalue weighted by Crippen LogP contribution is 2.35. The Bertz CT molecular complexity index is 874. The summed E-state index contributed by atoms with van der Waals surface area (Å²) in [6.45, 7) is 7.01. The second kappa shape index (κ2) is 10.1. The van der Waals surface area contributed by atoms with E-state index in [9.17, 15) is 18.0 Å². The fourth-order valence-electron chi connectivity index (χ4n) is 4.50. The molecule has 3 rings (SSSR count). The number of benzene rings is 1. The van der Waals surface area contributed by atoms with Crippen LogP contribution in [0.5, 0.6) is 0 Å². The van der Waals surface area contributed by atoms with Gasteiger partial charge in [0.25, 0.3) is 0 Å². The molecule has 0 amide bonds. The average molecular weight is 452 g/mol. The van der Waals surface area contributed by atoms with Gasteiger partial charge in [-0.25, -0.2) is 18.0 Å². The van der Waals surface area contributed by atoms with Gasteiger partial charge in [-0.3, -0.25) is 0 Å². The molecule has 0 aromatic heterocycles. The van der Waals surface area contributed by atoms with E-state index in [2.05, 4.69) is 20.8 Å². The number of carbonyl (C=O) groups is 2. The van der Waals surface area contributed by atoms with Crippen molar-refractivity contribution in [1.82, 2.24) is 4.31 Å². The average Bonchev–Trinajstić information content (AvgIpc) is 3.28. The summed E-state index contributed by atoms with van der Waals surface area (Å²) >= 11 is 0. The number of esters is 2. The van der Waals surface area contributed by atoms with Crippen molar-refractivity contribution in [2.75, 3.05) is 19.7 Å². The summed E-state index contributed by atoms with van der Waals surface area (Å²) in [6.07, 6.45) is 4.56. The zero-order chi connectivity index (χ0) is 22.6. The van der Waals surface area contributed by atoms with Gasteiger partial charge < -0.3 is 9.47 Å². The Labute approximate surface area is 185 Å². The minimum absolute atomic E-state index is 0.148. The molecular weight excluding hydrogens is 418 g/mol. The van der Waals surface area contributed by atoms with Gasteiger partial charge in [0.15, 0.2) is 6.61 Å². The molecule has 1 aromatic rings. The maximum Gasteiger partial charge on any atom is 0.344 e. The van der Waals surface area contributed by atoms with E-state index in [1.807, 2.05) is 0 Å².